The van der Waals surface area contributed by atoms with Crippen LogP contribution in [0.2, 0.25) is 0 Å². The fourth-order valence-electron chi connectivity index (χ4n) is 2.19. The molecule has 70 valence electrons. The van der Waals surface area contributed by atoms with Gasteiger partial charge in [0.05, 0.1) is 0 Å². The fourth-order valence-corrected chi connectivity index (χ4v) is 3.14. The van der Waals surface area contributed by atoms with Crippen LogP contribution in [0.25, 0.3) is 16.2 Å². The zero-order chi connectivity index (χ0) is 9.71. The molecule has 0 atom stereocenters. The van der Waals surface area contributed by atoms with E-state index >= 15 is 0 Å². The van der Waals surface area contributed by atoms with Crippen LogP contribution >= 0.6 is 11.3 Å². The van der Waals surface area contributed by atoms with Gasteiger partial charge in [0, 0.05) is 9.58 Å². The second kappa shape index (κ2) is 2.71. The van der Waals surface area contributed by atoms with E-state index in [2.05, 4.69) is 38.1 Å². The van der Waals surface area contributed by atoms with Gasteiger partial charge in [0.15, 0.2) is 0 Å². The molecule has 0 N–H and O–H groups in total. The molecule has 0 unspecified atom stereocenters. The number of allylic oxidation sites excluding steroid dienone is 1. The van der Waals surface area contributed by atoms with Crippen molar-refractivity contribution in [2.45, 2.75) is 20.3 Å². The Labute approximate surface area is 87.9 Å². The van der Waals surface area contributed by atoms with Crippen LogP contribution in [0.4, 0.5) is 0 Å². The molecule has 1 aromatic carbocycles. The first-order valence-electron chi connectivity index (χ1n) is 4.92. The average molecular weight is 200 g/mol. The first kappa shape index (κ1) is 8.25. The van der Waals surface area contributed by atoms with Crippen molar-refractivity contribution in [1.82, 2.24) is 0 Å². The second-order valence-electron chi connectivity index (χ2n) is 4.11. The van der Waals surface area contributed by atoms with Crippen molar-refractivity contribution in [3.05, 3.63) is 39.8 Å². The highest BCUT2D eigenvalue weighted by molar-refractivity contribution is 7.19. The number of aryl methyl sites for hydroxylation is 1. The van der Waals surface area contributed by atoms with Crippen LogP contribution in [0, 0.1) is 6.92 Å². The van der Waals surface area contributed by atoms with Crippen molar-refractivity contribution in [2.75, 3.05) is 0 Å². The van der Waals surface area contributed by atoms with E-state index in [0.29, 0.717) is 0 Å². The maximum Gasteiger partial charge on any atom is 0.0351 e. The lowest BCUT2D eigenvalue weighted by atomic mass is 10.1. The molecular weight excluding hydrogens is 188 g/mol. The minimum atomic E-state index is 1.14. The normalized spacial score (nSPS) is 14.6. The summed E-state index contributed by atoms with van der Waals surface area (Å²) >= 11 is 1.89. The van der Waals surface area contributed by atoms with Crippen molar-refractivity contribution in [3.63, 3.8) is 0 Å². The Hall–Kier alpha value is -1.08. The number of hydrogen-bond donors (Lipinski definition) is 0. The van der Waals surface area contributed by atoms with Crippen LogP contribution in [-0.4, -0.2) is 0 Å². The summed E-state index contributed by atoms with van der Waals surface area (Å²) in [5.74, 6) is 0. The Morgan fingerprint density at radius 1 is 1.14 bits per heavy atom. The molecule has 0 radical (unpaired) electrons. The van der Waals surface area contributed by atoms with Gasteiger partial charge in [-0.1, -0.05) is 11.6 Å². The van der Waals surface area contributed by atoms with Gasteiger partial charge in [0.1, 0.15) is 0 Å². The first-order chi connectivity index (χ1) is 6.72. The smallest absolute Gasteiger partial charge is 0.0351 e. The summed E-state index contributed by atoms with van der Waals surface area (Å²) in [5, 5.41) is 1.41. The molecule has 0 aliphatic heterocycles. The number of rotatable bonds is 0. The third-order valence-electron chi connectivity index (χ3n) is 2.77. The second-order valence-corrected chi connectivity index (χ2v) is 5.40. The fraction of sp³-hybridized carbons (Fsp3) is 0.231. The molecule has 14 heavy (non-hydrogen) atoms. The highest BCUT2D eigenvalue weighted by Gasteiger charge is 2.11. The number of thiophene rings is 1. The molecule has 3 rings (SSSR count). The lowest BCUT2D eigenvalue weighted by molar-refractivity contribution is 1.20. The molecule has 1 aromatic heterocycles. The van der Waals surface area contributed by atoms with Gasteiger partial charge in [0.2, 0.25) is 0 Å². The van der Waals surface area contributed by atoms with E-state index in [1.54, 1.807) is 0 Å². The molecule has 0 fully saturated rings. The summed E-state index contributed by atoms with van der Waals surface area (Å²) in [6.45, 7) is 4.39. The van der Waals surface area contributed by atoms with Gasteiger partial charge in [-0.2, -0.15) is 0 Å². The van der Waals surface area contributed by atoms with E-state index in [1.807, 2.05) is 11.3 Å². The molecule has 0 nitrogen and oxygen atoms in total. The monoisotopic (exact) mass is 200 g/mol. The summed E-state index contributed by atoms with van der Waals surface area (Å²) in [6, 6.07) is 6.97. The molecular formula is C13H12S. The largest absolute Gasteiger partial charge is 0.141 e. The molecule has 0 spiro atoms. The van der Waals surface area contributed by atoms with E-state index < -0.39 is 0 Å². The molecule has 0 saturated heterocycles. The van der Waals surface area contributed by atoms with E-state index in [0.717, 1.165) is 6.42 Å². The summed E-state index contributed by atoms with van der Waals surface area (Å²) in [4.78, 5) is 1.41. The molecule has 1 aliphatic carbocycles. The van der Waals surface area contributed by atoms with Crippen LogP contribution in [0.3, 0.4) is 0 Å². The third kappa shape index (κ3) is 1.12. The maximum atomic E-state index is 2.35. The Balaban J connectivity index is 2.31. The van der Waals surface area contributed by atoms with E-state index in [4.69, 9.17) is 0 Å². The summed E-state index contributed by atoms with van der Waals surface area (Å²) in [7, 11) is 0. The topological polar surface area (TPSA) is 0 Å². The van der Waals surface area contributed by atoms with Crippen LogP contribution in [0.15, 0.2) is 23.8 Å². The van der Waals surface area contributed by atoms with Crippen molar-refractivity contribution in [3.8, 4) is 0 Å². The van der Waals surface area contributed by atoms with E-state index in [-0.39, 0.29) is 0 Å². The molecule has 1 aliphatic rings. The minimum Gasteiger partial charge on any atom is -0.141 e. The van der Waals surface area contributed by atoms with Crippen molar-refractivity contribution < 1.29 is 0 Å². The lowest BCUT2D eigenvalue weighted by Gasteiger charge is -1.98. The average Bonchev–Trinajstić information content (AvgIpc) is 2.59. The molecule has 0 bridgehead atoms. The predicted octanol–water partition coefficient (Wildman–Crippen LogP) is 4.17. The summed E-state index contributed by atoms with van der Waals surface area (Å²) in [5.41, 5.74) is 4.40. The molecule has 1 heterocycles. The zero-order valence-corrected chi connectivity index (χ0v) is 9.24. The quantitative estimate of drug-likeness (QED) is 0.598. The maximum absolute atomic E-state index is 2.35. The van der Waals surface area contributed by atoms with Crippen LogP contribution in [0.1, 0.15) is 22.9 Å². The zero-order valence-electron chi connectivity index (χ0n) is 8.42. The van der Waals surface area contributed by atoms with Crippen LogP contribution < -0.4 is 0 Å². The third-order valence-corrected chi connectivity index (χ3v) is 3.79. The highest BCUT2D eigenvalue weighted by Crippen LogP contribution is 2.33. The minimum absolute atomic E-state index is 1.14. The van der Waals surface area contributed by atoms with Crippen molar-refractivity contribution >= 4 is 27.5 Å². The van der Waals surface area contributed by atoms with Gasteiger partial charge in [-0.15, -0.1) is 11.3 Å². The molecule has 0 amide bonds. The molecule has 2 aromatic rings. The Bertz CT molecular complexity index is 544. The Morgan fingerprint density at radius 2 is 2.00 bits per heavy atom. The SMILES string of the molecule is CC1=Cc2cc3sc(C)cc3cc2C1. The predicted molar refractivity (Wildman–Crippen MR) is 63.9 cm³/mol. The first-order valence-corrected chi connectivity index (χ1v) is 5.74. The number of benzene rings is 1. The summed E-state index contributed by atoms with van der Waals surface area (Å²) in [6.07, 6.45) is 3.45. The van der Waals surface area contributed by atoms with E-state index in [9.17, 15) is 0 Å². The van der Waals surface area contributed by atoms with Gasteiger partial charge >= 0.3 is 0 Å². The van der Waals surface area contributed by atoms with Gasteiger partial charge in [-0.3, -0.25) is 0 Å². The van der Waals surface area contributed by atoms with E-state index in [1.165, 1.54) is 31.7 Å². The standard InChI is InChI=1S/C13H12S/c1-8-3-10-6-12-5-9(2)14-13(12)7-11(10)4-8/h4-7H,3H2,1-2H3. The van der Waals surface area contributed by atoms with Crippen LogP contribution in [0.5, 0.6) is 0 Å². The van der Waals surface area contributed by atoms with Gasteiger partial charge < -0.3 is 0 Å². The Morgan fingerprint density at radius 3 is 2.86 bits per heavy atom. The van der Waals surface area contributed by atoms with Crippen molar-refractivity contribution in [2.24, 2.45) is 0 Å². The van der Waals surface area contributed by atoms with Crippen LogP contribution in [-0.2, 0) is 6.42 Å². The van der Waals surface area contributed by atoms with Gasteiger partial charge in [-0.25, -0.2) is 0 Å². The van der Waals surface area contributed by atoms with Gasteiger partial charge in [-0.05, 0) is 55.0 Å². The summed E-state index contributed by atoms with van der Waals surface area (Å²) < 4.78 is 1.42. The Kier molecular flexibility index (Phi) is 1.59. The number of fused-ring (bicyclic) bond motifs is 2. The molecule has 0 saturated carbocycles. The number of hydrogen-bond acceptors (Lipinski definition) is 1. The van der Waals surface area contributed by atoms with Crippen molar-refractivity contribution in [1.29, 1.82) is 0 Å². The lowest BCUT2D eigenvalue weighted by Crippen LogP contribution is -1.81. The highest BCUT2D eigenvalue weighted by atomic mass is 32.1. The van der Waals surface area contributed by atoms with Gasteiger partial charge in [0.25, 0.3) is 0 Å². The molecule has 1 heteroatoms.